The number of carbonyl (C=O) groups is 1. The number of hydrogen-bond donors (Lipinski definition) is 1. The molecule has 1 N–H and O–H groups in total. The maximum Gasteiger partial charge on any atom is 0.263 e. The molecule has 3 aromatic rings. The zero-order chi connectivity index (χ0) is 21.1. The van der Waals surface area contributed by atoms with Gasteiger partial charge < -0.3 is 10.1 Å². The van der Waals surface area contributed by atoms with Gasteiger partial charge in [-0.05, 0) is 38.5 Å². The third-order valence-electron chi connectivity index (χ3n) is 4.40. The van der Waals surface area contributed by atoms with Gasteiger partial charge in [-0.1, -0.05) is 23.4 Å². The monoisotopic (exact) mass is 452 g/mol. The topological polar surface area (TPSA) is 86.1 Å². The van der Waals surface area contributed by atoms with E-state index in [0.717, 1.165) is 10.4 Å². The lowest BCUT2D eigenvalue weighted by atomic mass is 10.2. The molecule has 0 saturated carbocycles. The second-order valence-electron chi connectivity index (χ2n) is 6.42. The van der Waals surface area contributed by atoms with E-state index >= 15 is 0 Å². The summed E-state index contributed by atoms with van der Waals surface area (Å²) in [5, 5.41) is 3.88. The normalized spacial score (nSPS) is 12.3. The molecule has 0 fully saturated rings. The average Bonchev–Trinajstić information content (AvgIpc) is 2.97. The summed E-state index contributed by atoms with van der Waals surface area (Å²) in [5.41, 5.74) is 0.841. The van der Waals surface area contributed by atoms with E-state index in [1.807, 2.05) is 13.8 Å². The zero-order valence-corrected chi connectivity index (χ0v) is 18.9. The van der Waals surface area contributed by atoms with Gasteiger partial charge in [-0.25, -0.2) is 9.97 Å². The molecule has 0 bridgehead atoms. The predicted molar refractivity (Wildman–Crippen MR) is 118 cm³/mol. The minimum Gasteiger partial charge on any atom is -0.383 e. The fourth-order valence-electron chi connectivity index (χ4n) is 2.67. The maximum atomic E-state index is 13.1. The highest BCUT2D eigenvalue weighted by Crippen LogP contribution is 2.30. The van der Waals surface area contributed by atoms with E-state index in [1.54, 1.807) is 30.7 Å². The minimum atomic E-state index is -0.493. The number of amides is 1. The van der Waals surface area contributed by atoms with Crippen LogP contribution in [0.5, 0.6) is 0 Å². The smallest absolute Gasteiger partial charge is 0.263 e. The summed E-state index contributed by atoms with van der Waals surface area (Å²) in [6.07, 6.45) is 1.47. The van der Waals surface area contributed by atoms with E-state index in [1.165, 1.54) is 29.3 Å². The van der Waals surface area contributed by atoms with Crippen molar-refractivity contribution in [1.29, 1.82) is 0 Å². The standard InChI is InChI=1S/C19H21ClN4O3S2/c1-10-11(2)28-17-15(10)18(26)24(7-8-27-4)19(23-17)29-12(3)16(25)22-14-6-5-13(20)9-21-14/h5-6,9,12H,7-8H2,1-4H3,(H,21,22,25). The molecule has 0 aliphatic rings. The highest BCUT2D eigenvalue weighted by Gasteiger charge is 2.21. The van der Waals surface area contributed by atoms with Crippen LogP contribution in [0.15, 0.2) is 28.3 Å². The van der Waals surface area contributed by atoms with Crippen LogP contribution in [0.25, 0.3) is 10.2 Å². The number of rotatable bonds is 7. The molecule has 10 heteroatoms. The molecule has 3 rings (SSSR count). The van der Waals surface area contributed by atoms with Gasteiger partial charge in [0.15, 0.2) is 5.16 Å². The van der Waals surface area contributed by atoms with Gasteiger partial charge in [-0.15, -0.1) is 11.3 Å². The van der Waals surface area contributed by atoms with Crippen LogP contribution >= 0.6 is 34.7 Å². The number of fused-ring (bicyclic) bond motifs is 1. The largest absolute Gasteiger partial charge is 0.383 e. The number of aryl methyl sites for hydroxylation is 2. The van der Waals surface area contributed by atoms with Crippen molar-refractivity contribution in [1.82, 2.24) is 14.5 Å². The van der Waals surface area contributed by atoms with Crippen LogP contribution < -0.4 is 10.9 Å². The van der Waals surface area contributed by atoms with E-state index < -0.39 is 5.25 Å². The molecule has 29 heavy (non-hydrogen) atoms. The first-order valence-electron chi connectivity index (χ1n) is 8.90. The van der Waals surface area contributed by atoms with Crippen molar-refractivity contribution in [3.05, 3.63) is 44.1 Å². The number of nitrogens with one attached hydrogen (secondary N) is 1. The Morgan fingerprint density at radius 1 is 1.41 bits per heavy atom. The van der Waals surface area contributed by atoms with Crippen molar-refractivity contribution in [2.45, 2.75) is 37.7 Å². The molecule has 0 radical (unpaired) electrons. The molecule has 154 valence electrons. The van der Waals surface area contributed by atoms with Gasteiger partial charge in [0, 0.05) is 18.2 Å². The van der Waals surface area contributed by atoms with E-state index in [4.69, 9.17) is 16.3 Å². The number of hydrogen-bond acceptors (Lipinski definition) is 7. The van der Waals surface area contributed by atoms with Gasteiger partial charge in [-0.2, -0.15) is 0 Å². The lowest BCUT2D eigenvalue weighted by Gasteiger charge is -2.15. The fraction of sp³-hybridized carbons (Fsp3) is 0.368. The molecule has 0 spiro atoms. The summed E-state index contributed by atoms with van der Waals surface area (Å²) in [5.74, 6) is 0.174. The number of nitrogens with zero attached hydrogens (tertiary/aromatic N) is 3. The number of ether oxygens (including phenoxy) is 1. The van der Waals surface area contributed by atoms with Crippen LogP contribution in [-0.4, -0.2) is 39.4 Å². The third-order valence-corrected chi connectivity index (χ3v) is 6.82. The maximum absolute atomic E-state index is 13.1. The lowest BCUT2D eigenvalue weighted by Crippen LogP contribution is -2.28. The number of thioether (sulfide) groups is 1. The Morgan fingerprint density at radius 3 is 2.83 bits per heavy atom. The number of thiophene rings is 1. The number of pyridine rings is 1. The summed E-state index contributed by atoms with van der Waals surface area (Å²) in [6.45, 7) is 6.40. The van der Waals surface area contributed by atoms with Gasteiger partial charge in [-0.3, -0.25) is 14.2 Å². The Labute approximate surface area is 181 Å². The lowest BCUT2D eigenvalue weighted by molar-refractivity contribution is -0.115. The summed E-state index contributed by atoms with van der Waals surface area (Å²) in [7, 11) is 1.58. The summed E-state index contributed by atoms with van der Waals surface area (Å²) in [6, 6.07) is 3.29. The Balaban J connectivity index is 1.90. The Hall–Kier alpha value is -1.94. The number of methoxy groups -OCH3 is 1. The Kier molecular flexibility index (Phi) is 6.94. The zero-order valence-electron chi connectivity index (χ0n) is 16.5. The summed E-state index contributed by atoms with van der Waals surface area (Å²) >= 11 is 8.54. The first kappa shape index (κ1) is 21.8. The van der Waals surface area contributed by atoms with Gasteiger partial charge in [0.25, 0.3) is 5.56 Å². The molecule has 1 unspecified atom stereocenters. The second kappa shape index (κ2) is 9.25. The summed E-state index contributed by atoms with van der Waals surface area (Å²) in [4.78, 5) is 36.2. The molecule has 0 saturated heterocycles. The van der Waals surface area contributed by atoms with Crippen LogP contribution in [0.1, 0.15) is 17.4 Å². The Bertz CT molecular complexity index is 1100. The molecule has 1 amide bonds. The molecule has 3 heterocycles. The van der Waals surface area contributed by atoms with Crippen molar-refractivity contribution >= 4 is 56.6 Å². The molecule has 0 aromatic carbocycles. The quantitative estimate of drug-likeness (QED) is 0.432. The van der Waals surface area contributed by atoms with Crippen molar-refractivity contribution < 1.29 is 9.53 Å². The number of carbonyl (C=O) groups excluding carboxylic acids is 1. The van der Waals surface area contributed by atoms with Gasteiger partial charge in [0.05, 0.1) is 28.8 Å². The van der Waals surface area contributed by atoms with Crippen LogP contribution in [0.3, 0.4) is 0 Å². The molecule has 1 atom stereocenters. The van der Waals surface area contributed by atoms with Gasteiger partial charge >= 0.3 is 0 Å². The molecule has 7 nitrogen and oxygen atoms in total. The van der Waals surface area contributed by atoms with E-state index in [2.05, 4.69) is 15.3 Å². The molecular weight excluding hydrogens is 432 g/mol. The summed E-state index contributed by atoms with van der Waals surface area (Å²) < 4.78 is 6.74. The van der Waals surface area contributed by atoms with E-state index in [0.29, 0.717) is 39.4 Å². The van der Waals surface area contributed by atoms with Gasteiger partial charge in [0.2, 0.25) is 5.91 Å². The van der Waals surface area contributed by atoms with E-state index in [-0.39, 0.29) is 11.5 Å². The third kappa shape index (κ3) is 4.80. The van der Waals surface area contributed by atoms with Crippen LogP contribution in [0.4, 0.5) is 5.82 Å². The minimum absolute atomic E-state index is 0.108. The van der Waals surface area contributed by atoms with Gasteiger partial charge in [0.1, 0.15) is 10.6 Å². The molecular formula is C19H21ClN4O3S2. The SMILES string of the molecule is COCCn1c(SC(C)C(=O)Nc2ccc(Cl)cn2)nc2sc(C)c(C)c2c1=O. The fourth-order valence-corrected chi connectivity index (χ4v) is 4.78. The highest BCUT2D eigenvalue weighted by molar-refractivity contribution is 8.00. The molecule has 0 aliphatic heterocycles. The first-order valence-corrected chi connectivity index (χ1v) is 11.0. The first-order chi connectivity index (χ1) is 13.8. The van der Waals surface area contributed by atoms with Crippen LogP contribution in [0.2, 0.25) is 5.02 Å². The average molecular weight is 453 g/mol. The number of aromatic nitrogens is 3. The van der Waals surface area contributed by atoms with Crippen molar-refractivity contribution in [3.8, 4) is 0 Å². The molecule has 0 aliphatic carbocycles. The van der Waals surface area contributed by atoms with Crippen LogP contribution in [0, 0.1) is 13.8 Å². The van der Waals surface area contributed by atoms with Crippen LogP contribution in [-0.2, 0) is 16.1 Å². The number of halogens is 1. The molecule has 3 aromatic heterocycles. The van der Waals surface area contributed by atoms with Crippen molar-refractivity contribution in [2.75, 3.05) is 19.0 Å². The highest BCUT2D eigenvalue weighted by atomic mass is 35.5. The van der Waals surface area contributed by atoms with Crippen molar-refractivity contribution in [2.24, 2.45) is 0 Å². The van der Waals surface area contributed by atoms with E-state index in [9.17, 15) is 9.59 Å². The number of anilines is 1. The van der Waals surface area contributed by atoms with Crippen molar-refractivity contribution in [3.63, 3.8) is 0 Å². The Morgan fingerprint density at radius 2 is 2.17 bits per heavy atom. The predicted octanol–water partition coefficient (Wildman–Crippen LogP) is 3.89. The second-order valence-corrected chi connectivity index (χ2v) is 9.37.